The molecule has 0 aromatic heterocycles. The van der Waals surface area contributed by atoms with Crippen LogP contribution in [0.15, 0.2) is 18.2 Å². The number of phenols is 1. The van der Waals surface area contributed by atoms with E-state index < -0.39 is 0 Å². The predicted octanol–water partition coefficient (Wildman–Crippen LogP) is 1.59. The van der Waals surface area contributed by atoms with Gasteiger partial charge in [0.25, 0.3) is 5.91 Å². The van der Waals surface area contributed by atoms with Crippen molar-refractivity contribution in [2.75, 3.05) is 13.2 Å². The molecular formula is C12H14INO3. The third-order valence-corrected chi connectivity index (χ3v) is 3.71. The Labute approximate surface area is 113 Å². The van der Waals surface area contributed by atoms with Gasteiger partial charge in [-0.15, -0.1) is 0 Å². The molecule has 0 radical (unpaired) electrons. The monoisotopic (exact) mass is 347 g/mol. The quantitative estimate of drug-likeness (QED) is 0.799. The van der Waals surface area contributed by atoms with Crippen molar-refractivity contribution in [2.24, 2.45) is 0 Å². The van der Waals surface area contributed by atoms with E-state index in [0.29, 0.717) is 12.1 Å². The van der Waals surface area contributed by atoms with Crippen LogP contribution in [-0.4, -0.2) is 40.2 Å². The molecule has 2 N–H and O–H groups in total. The molecule has 1 fully saturated rings. The van der Waals surface area contributed by atoms with Crippen LogP contribution in [0.3, 0.4) is 0 Å². The summed E-state index contributed by atoms with van der Waals surface area (Å²) in [7, 11) is 0. The molecule has 1 aliphatic rings. The Morgan fingerprint density at radius 2 is 2.29 bits per heavy atom. The van der Waals surface area contributed by atoms with Gasteiger partial charge in [0.1, 0.15) is 5.75 Å². The van der Waals surface area contributed by atoms with Gasteiger partial charge in [-0.25, -0.2) is 0 Å². The molecule has 1 aromatic carbocycles. The van der Waals surface area contributed by atoms with Crippen molar-refractivity contribution in [1.29, 1.82) is 0 Å². The van der Waals surface area contributed by atoms with Crippen LogP contribution in [0, 0.1) is 3.57 Å². The topological polar surface area (TPSA) is 60.8 Å². The van der Waals surface area contributed by atoms with E-state index in [9.17, 15) is 15.0 Å². The maximum Gasteiger partial charge on any atom is 0.257 e. The molecule has 17 heavy (non-hydrogen) atoms. The van der Waals surface area contributed by atoms with Crippen LogP contribution in [-0.2, 0) is 0 Å². The molecule has 92 valence electrons. The highest BCUT2D eigenvalue weighted by Crippen LogP contribution is 2.25. The molecule has 0 unspecified atom stereocenters. The number of carbonyl (C=O) groups is 1. The summed E-state index contributed by atoms with van der Waals surface area (Å²) in [6.45, 7) is 0.630. The lowest BCUT2D eigenvalue weighted by atomic mass is 10.1. The van der Waals surface area contributed by atoms with Gasteiger partial charge in [-0.3, -0.25) is 4.79 Å². The number of hydrogen-bond donors (Lipinski definition) is 2. The van der Waals surface area contributed by atoms with Crippen molar-refractivity contribution >= 4 is 28.5 Å². The van der Waals surface area contributed by atoms with Crippen LogP contribution in [0.2, 0.25) is 0 Å². The van der Waals surface area contributed by atoms with Gasteiger partial charge in [-0.2, -0.15) is 0 Å². The smallest absolute Gasteiger partial charge is 0.257 e. The zero-order valence-electron chi connectivity index (χ0n) is 9.27. The maximum atomic E-state index is 12.2. The number of halogens is 1. The number of amides is 1. The Morgan fingerprint density at radius 3 is 3.00 bits per heavy atom. The molecule has 0 spiro atoms. The summed E-state index contributed by atoms with van der Waals surface area (Å²) < 4.78 is 0.906. The van der Waals surface area contributed by atoms with E-state index in [1.807, 2.05) is 0 Å². The van der Waals surface area contributed by atoms with Crippen LogP contribution in [0.25, 0.3) is 0 Å². The van der Waals surface area contributed by atoms with E-state index >= 15 is 0 Å². The number of nitrogens with zero attached hydrogens (tertiary/aromatic N) is 1. The molecule has 1 aromatic rings. The molecule has 0 aliphatic carbocycles. The van der Waals surface area contributed by atoms with E-state index in [1.165, 1.54) is 6.07 Å². The predicted molar refractivity (Wildman–Crippen MR) is 72.0 cm³/mol. The van der Waals surface area contributed by atoms with Crippen molar-refractivity contribution in [3.63, 3.8) is 0 Å². The zero-order valence-corrected chi connectivity index (χ0v) is 11.4. The molecule has 2 rings (SSSR count). The number of aromatic hydroxyl groups is 1. The molecule has 4 nitrogen and oxygen atoms in total. The molecule has 0 bridgehead atoms. The lowest BCUT2D eigenvalue weighted by molar-refractivity contribution is 0.0674. The Bertz CT molecular complexity index is 436. The summed E-state index contributed by atoms with van der Waals surface area (Å²) in [5, 5.41) is 18.9. The Morgan fingerprint density at radius 1 is 1.53 bits per heavy atom. The van der Waals surface area contributed by atoms with Crippen LogP contribution < -0.4 is 0 Å². The fourth-order valence-electron chi connectivity index (χ4n) is 2.13. The van der Waals surface area contributed by atoms with E-state index in [0.717, 1.165) is 16.4 Å². The van der Waals surface area contributed by atoms with Crippen LogP contribution in [0.1, 0.15) is 23.2 Å². The SMILES string of the molecule is O=C(c1cc(I)ccc1O)N1CCC[C@H]1CO. The normalized spacial score (nSPS) is 19.6. The Hall–Kier alpha value is -0.820. The summed E-state index contributed by atoms with van der Waals surface area (Å²) in [6.07, 6.45) is 1.73. The number of rotatable bonds is 2. The van der Waals surface area contributed by atoms with Gasteiger partial charge in [-0.05, 0) is 53.6 Å². The Kier molecular flexibility index (Phi) is 3.88. The second-order valence-electron chi connectivity index (χ2n) is 4.14. The van der Waals surface area contributed by atoms with E-state index in [4.69, 9.17) is 0 Å². The fourth-order valence-corrected chi connectivity index (χ4v) is 2.62. The first kappa shape index (κ1) is 12.6. The maximum absolute atomic E-state index is 12.2. The second-order valence-corrected chi connectivity index (χ2v) is 5.38. The summed E-state index contributed by atoms with van der Waals surface area (Å²) in [5.41, 5.74) is 0.317. The van der Waals surface area contributed by atoms with Gasteiger partial charge >= 0.3 is 0 Å². The first-order valence-corrected chi connectivity index (χ1v) is 6.61. The summed E-state index contributed by atoms with van der Waals surface area (Å²) in [5.74, 6) is -0.198. The largest absolute Gasteiger partial charge is 0.507 e. The minimum absolute atomic E-state index is 0.000921. The van der Waals surface area contributed by atoms with E-state index in [1.54, 1.807) is 17.0 Å². The average molecular weight is 347 g/mol. The highest BCUT2D eigenvalue weighted by molar-refractivity contribution is 14.1. The first-order valence-electron chi connectivity index (χ1n) is 5.54. The number of hydrogen-bond acceptors (Lipinski definition) is 3. The van der Waals surface area contributed by atoms with Gasteiger partial charge in [0, 0.05) is 10.1 Å². The fraction of sp³-hybridized carbons (Fsp3) is 0.417. The van der Waals surface area contributed by atoms with E-state index in [2.05, 4.69) is 22.6 Å². The molecule has 5 heteroatoms. The summed E-state index contributed by atoms with van der Waals surface area (Å²) >= 11 is 2.10. The third-order valence-electron chi connectivity index (χ3n) is 3.04. The first-order chi connectivity index (χ1) is 8.13. The number of aliphatic hydroxyl groups excluding tert-OH is 1. The van der Waals surface area contributed by atoms with Crippen molar-refractivity contribution in [2.45, 2.75) is 18.9 Å². The molecule has 1 atom stereocenters. The number of likely N-dealkylation sites (tertiary alicyclic amines) is 1. The van der Waals surface area contributed by atoms with Gasteiger partial charge in [0.15, 0.2) is 0 Å². The number of aliphatic hydroxyl groups is 1. The van der Waals surface area contributed by atoms with Crippen molar-refractivity contribution < 1.29 is 15.0 Å². The van der Waals surface area contributed by atoms with Crippen molar-refractivity contribution in [1.82, 2.24) is 4.90 Å². The number of carbonyl (C=O) groups excluding carboxylic acids is 1. The molecule has 0 saturated carbocycles. The van der Waals surface area contributed by atoms with Crippen molar-refractivity contribution in [3.05, 3.63) is 27.3 Å². The third kappa shape index (κ3) is 2.55. The second kappa shape index (κ2) is 5.22. The summed E-state index contributed by atoms with van der Waals surface area (Å²) in [4.78, 5) is 13.9. The average Bonchev–Trinajstić information content (AvgIpc) is 2.79. The lowest BCUT2D eigenvalue weighted by Gasteiger charge is -2.23. The zero-order chi connectivity index (χ0) is 12.4. The standard InChI is InChI=1S/C12H14INO3/c13-8-3-4-11(16)10(6-8)12(17)14-5-1-2-9(14)7-15/h3-4,6,9,15-16H,1-2,5,7H2/t9-/m0/s1. The van der Waals surface area contributed by atoms with Crippen LogP contribution in [0.5, 0.6) is 5.75 Å². The van der Waals surface area contributed by atoms with Crippen LogP contribution >= 0.6 is 22.6 Å². The molecular weight excluding hydrogens is 333 g/mol. The minimum Gasteiger partial charge on any atom is -0.507 e. The van der Waals surface area contributed by atoms with Gasteiger partial charge < -0.3 is 15.1 Å². The molecule has 1 heterocycles. The van der Waals surface area contributed by atoms with Crippen molar-refractivity contribution in [3.8, 4) is 5.75 Å². The van der Waals surface area contributed by atoms with Gasteiger partial charge in [0.2, 0.25) is 0 Å². The number of phenolic OH excluding ortho intramolecular Hbond substituents is 1. The molecule has 1 saturated heterocycles. The van der Waals surface area contributed by atoms with Gasteiger partial charge in [0.05, 0.1) is 18.2 Å². The molecule has 1 amide bonds. The highest BCUT2D eigenvalue weighted by Gasteiger charge is 2.30. The molecule has 1 aliphatic heterocycles. The van der Waals surface area contributed by atoms with Gasteiger partial charge in [-0.1, -0.05) is 0 Å². The van der Waals surface area contributed by atoms with Crippen LogP contribution in [0.4, 0.5) is 0 Å². The minimum atomic E-state index is -0.197. The van der Waals surface area contributed by atoms with E-state index in [-0.39, 0.29) is 24.3 Å². The summed E-state index contributed by atoms with van der Waals surface area (Å²) in [6, 6.07) is 4.84. The number of benzene rings is 1. The lowest BCUT2D eigenvalue weighted by Crippen LogP contribution is -2.37. The Balaban J connectivity index is 2.27. The highest BCUT2D eigenvalue weighted by atomic mass is 127.